The van der Waals surface area contributed by atoms with Gasteiger partial charge in [0.1, 0.15) is 17.2 Å². The monoisotopic (exact) mass is 399 g/mol. The average molecular weight is 399 g/mol. The molecule has 0 saturated heterocycles. The van der Waals surface area contributed by atoms with Crippen molar-refractivity contribution in [2.24, 2.45) is 0 Å². The van der Waals surface area contributed by atoms with Crippen LogP contribution in [0.25, 0.3) is 0 Å². The number of hydrogen-bond donors (Lipinski definition) is 1. The fraction of sp³-hybridized carbons (Fsp3) is 0.333. The summed E-state index contributed by atoms with van der Waals surface area (Å²) in [5.74, 6) is 1.38. The van der Waals surface area contributed by atoms with Crippen molar-refractivity contribution in [3.8, 4) is 17.2 Å². The topological polar surface area (TPSA) is 80.3 Å². The van der Waals surface area contributed by atoms with E-state index in [1.165, 1.54) is 0 Å². The van der Waals surface area contributed by atoms with Gasteiger partial charge in [0.25, 0.3) is 11.8 Å². The minimum absolute atomic E-state index is 0.0171. The lowest BCUT2D eigenvalue weighted by Crippen LogP contribution is -2.42. The van der Waals surface area contributed by atoms with Crippen molar-refractivity contribution in [1.29, 1.82) is 0 Å². The molecule has 2 aromatic rings. The quantitative estimate of drug-likeness (QED) is 0.731. The number of methoxy groups -OCH3 is 1. The van der Waals surface area contributed by atoms with Crippen LogP contribution in [0.1, 0.15) is 0 Å². The number of carbonyl (C=O) groups excluding carboxylic acids is 2. The Bertz CT molecular complexity index is 884. The Balaban J connectivity index is 1.61. The summed E-state index contributed by atoms with van der Waals surface area (Å²) in [5.41, 5.74) is 1.28. The Kier molecular flexibility index (Phi) is 6.56. The molecule has 1 heterocycles. The van der Waals surface area contributed by atoms with Crippen LogP contribution in [0.4, 0.5) is 11.4 Å². The summed E-state index contributed by atoms with van der Waals surface area (Å²) in [7, 11) is 5.48. The van der Waals surface area contributed by atoms with E-state index in [4.69, 9.17) is 14.2 Å². The number of carbonyl (C=O) groups is 2. The van der Waals surface area contributed by atoms with Gasteiger partial charge in [-0.05, 0) is 38.4 Å². The molecule has 8 nitrogen and oxygen atoms in total. The molecule has 2 amide bonds. The molecule has 0 fully saturated rings. The minimum Gasteiger partial charge on any atom is -0.497 e. The lowest BCUT2D eigenvalue weighted by molar-refractivity contribution is -0.121. The Morgan fingerprint density at radius 1 is 1.21 bits per heavy atom. The molecule has 8 heteroatoms. The number of anilines is 2. The second-order valence-electron chi connectivity index (χ2n) is 6.84. The molecule has 3 rings (SSSR count). The summed E-state index contributed by atoms with van der Waals surface area (Å²) < 4.78 is 16.2. The molecule has 0 atom stereocenters. The summed E-state index contributed by atoms with van der Waals surface area (Å²) in [6.07, 6.45) is 0. The highest BCUT2D eigenvalue weighted by atomic mass is 16.5. The van der Waals surface area contributed by atoms with Crippen LogP contribution in [0.5, 0.6) is 17.2 Å². The largest absolute Gasteiger partial charge is 0.497 e. The van der Waals surface area contributed by atoms with E-state index in [0.29, 0.717) is 35.2 Å². The van der Waals surface area contributed by atoms with Crippen molar-refractivity contribution >= 4 is 23.2 Å². The van der Waals surface area contributed by atoms with E-state index in [1.54, 1.807) is 54.5 Å². The van der Waals surface area contributed by atoms with Crippen molar-refractivity contribution in [1.82, 2.24) is 4.90 Å². The zero-order valence-corrected chi connectivity index (χ0v) is 16.8. The summed E-state index contributed by atoms with van der Waals surface area (Å²) in [5, 5.41) is 2.78. The molecule has 1 aliphatic heterocycles. The molecule has 1 N–H and O–H groups in total. The van der Waals surface area contributed by atoms with Gasteiger partial charge in [-0.15, -0.1) is 0 Å². The SMILES string of the molecule is COc1cccc(OCC(=O)Nc2ccc3c(c2)OCC(=O)N3CCN(C)C)c1. The molecule has 0 aromatic heterocycles. The van der Waals surface area contributed by atoms with Gasteiger partial charge < -0.3 is 29.3 Å². The van der Waals surface area contributed by atoms with Crippen molar-refractivity contribution in [2.45, 2.75) is 0 Å². The lowest BCUT2D eigenvalue weighted by atomic mass is 10.2. The van der Waals surface area contributed by atoms with E-state index in [1.807, 2.05) is 19.0 Å². The van der Waals surface area contributed by atoms with Crippen molar-refractivity contribution in [2.75, 3.05) is 57.7 Å². The van der Waals surface area contributed by atoms with Crippen LogP contribution in [0.15, 0.2) is 42.5 Å². The number of benzene rings is 2. The third-order valence-electron chi connectivity index (χ3n) is 4.37. The highest BCUT2D eigenvalue weighted by molar-refractivity contribution is 5.99. The van der Waals surface area contributed by atoms with Crippen LogP contribution in [-0.2, 0) is 9.59 Å². The molecule has 0 radical (unpaired) electrons. The highest BCUT2D eigenvalue weighted by Crippen LogP contribution is 2.34. The first-order chi connectivity index (χ1) is 14.0. The van der Waals surface area contributed by atoms with Crippen LogP contribution in [0, 0.1) is 0 Å². The standard InChI is InChI=1S/C21H25N3O5/c1-23(2)9-10-24-18-8-7-15(11-19(18)29-14-21(24)26)22-20(25)13-28-17-6-4-5-16(12-17)27-3/h4-8,11-12H,9-10,13-14H2,1-3H3,(H,22,25). The molecule has 2 aromatic carbocycles. The van der Waals surface area contributed by atoms with E-state index in [0.717, 1.165) is 6.54 Å². The van der Waals surface area contributed by atoms with E-state index in [2.05, 4.69) is 5.32 Å². The number of amides is 2. The van der Waals surface area contributed by atoms with Gasteiger partial charge in [-0.1, -0.05) is 6.07 Å². The Morgan fingerprint density at radius 3 is 2.76 bits per heavy atom. The number of nitrogens with zero attached hydrogens (tertiary/aromatic N) is 2. The van der Waals surface area contributed by atoms with E-state index < -0.39 is 0 Å². The first-order valence-corrected chi connectivity index (χ1v) is 9.25. The molecule has 154 valence electrons. The molecule has 1 aliphatic rings. The van der Waals surface area contributed by atoms with Gasteiger partial charge in [-0.3, -0.25) is 9.59 Å². The molecule has 0 saturated carbocycles. The highest BCUT2D eigenvalue weighted by Gasteiger charge is 2.25. The van der Waals surface area contributed by atoms with Crippen LogP contribution >= 0.6 is 0 Å². The van der Waals surface area contributed by atoms with Crippen LogP contribution < -0.4 is 24.4 Å². The van der Waals surface area contributed by atoms with E-state index >= 15 is 0 Å². The van der Waals surface area contributed by atoms with Gasteiger partial charge in [0.15, 0.2) is 13.2 Å². The smallest absolute Gasteiger partial charge is 0.265 e. The maximum Gasteiger partial charge on any atom is 0.265 e. The van der Waals surface area contributed by atoms with E-state index in [-0.39, 0.29) is 25.0 Å². The van der Waals surface area contributed by atoms with Gasteiger partial charge in [0.2, 0.25) is 0 Å². The van der Waals surface area contributed by atoms with Crippen LogP contribution in [0.2, 0.25) is 0 Å². The molecular formula is C21H25N3O5. The summed E-state index contributed by atoms with van der Waals surface area (Å²) >= 11 is 0. The number of ether oxygens (including phenoxy) is 3. The normalized spacial score (nSPS) is 13.0. The molecular weight excluding hydrogens is 374 g/mol. The zero-order valence-electron chi connectivity index (χ0n) is 16.8. The maximum atomic E-state index is 12.2. The molecule has 0 bridgehead atoms. The van der Waals surface area contributed by atoms with Gasteiger partial charge in [0, 0.05) is 30.9 Å². The van der Waals surface area contributed by atoms with Crippen molar-refractivity contribution in [3.05, 3.63) is 42.5 Å². The fourth-order valence-corrected chi connectivity index (χ4v) is 2.86. The van der Waals surface area contributed by atoms with Crippen LogP contribution in [0.3, 0.4) is 0 Å². The fourth-order valence-electron chi connectivity index (χ4n) is 2.86. The Hall–Kier alpha value is -3.26. The Labute approximate surface area is 170 Å². The number of rotatable bonds is 8. The first kappa shape index (κ1) is 20.5. The number of nitrogens with one attached hydrogen (secondary N) is 1. The average Bonchev–Trinajstić information content (AvgIpc) is 2.71. The lowest BCUT2D eigenvalue weighted by Gasteiger charge is -2.30. The van der Waals surface area contributed by atoms with E-state index in [9.17, 15) is 9.59 Å². The molecule has 0 spiro atoms. The predicted octanol–water partition coefficient (Wildman–Crippen LogP) is 2.00. The number of fused-ring (bicyclic) bond motifs is 1. The zero-order chi connectivity index (χ0) is 20.8. The third kappa shape index (κ3) is 5.39. The van der Waals surface area contributed by atoms with Gasteiger partial charge in [-0.25, -0.2) is 0 Å². The Morgan fingerprint density at radius 2 is 2.00 bits per heavy atom. The second kappa shape index (κ2) is 9.29. The predicted molar refractivity (Wildman–Crippen MR) is 110 cm³/mol. The van der Waals surface area contributed by atoms with Crippen LogP contribution in [-0.4, -0.2) is 64.2 Å². The van der Waals surface area contributed by atoms with Gasteiger partial charge >= 0.3 is 0 Å². The molecule has 0 unspecified atom stereocenters. The first-order valence-electron chi connectivity index (χ1n) is 9.25. The van der Waals surface area contributed by atoms with Gasteiger partial charge in [-0.2, -0.15) is 0 Å². The van der Waals surface area contributed by atoms with Crippen molar-refractivity contribution in [3.63, 3.8) is 0 Å². The summed E-state index contributed by atoms with van der Waals surface area (Å²) in [6, 6.07) is 12.3. The second-order valence-corrected chi connectivity index (χ2v) is 6.84. The number of likely N-dealkylation sites (N-methyl/N-ethyl adjacent to an activating group) is 1. The molecule has 0 aliphatic carbocycles. The number of hydrogen-bond acceptors (Lipinski definition) is 6. The third-order valence-corrected chi connectivity index (χ3v) is 4.37. The summed E-state index contributed by atoms with van der Waals surface area (Å²) in [6.45, 7) is 1.16. The van der Waals surface area contributed by atoms with Crippen molar-refractivity contribution < 1.29 is 23.8 Å². The molecule has 29 heavy (non-hydrogen) atoms. The maximum absolute atomic E-state index is 12.2. The van der Waals surface area contributed by atoms with Gasteiger partial charge in [0.05, 0.1) is 12.8 Å². The minimum atomic E-state index is -0.302. The summed E-state index contributed by atoms with van der Waals surface area (Å²) in [4.78, 5) is 28.1.